The van der Waals surface area contributed by atoms with Crippen molar-refractivity contribution < 1.29 is 4.79 Å². The van der Waals surface area contributed by atoms with Gasteiger partial charge < -0.3 is 15.2 Å². The summed E-state index contributed by atoms with van der Waals surface area (Å²) in [4.78, 5) is 18.0. The number of carbonyl (C=O) groups excluding carboxylic acids is 1. The van der Waals surface area contributed by atoms with Gasteiger partial charge in [-0.1, -0.05) is 53.9 Å². The number of benzene rings is 2. The van der Waals surface area contributed by atoms with Gasteiger partial charge in [0.1, 0.15) is 0 Å². The normalized spacial score (nSPS) is 15.5. The highest BCUT2D eigenvalue weighted by Crippen LogP contribution is 2.33. The van der Waals surface area contributed by atoms with Gasteiger partial charge in [-0.15, -0.1) is 0 Å². The van der Waals surface area contributed by atoms with E-state index in [1.165, 1.54) is 54.9 Å². The minimum Gasteiger partial charge on any atom is -0.361 e. The number of piperidine rings is 1. The monoisotopic (exact) mass is 483 g/mol. The summed E-state index contributed by atoms with van der Waals surface area (Å²) in [6.45, 7) is 4.18. The lowest BCUT2D eigenvalue weighted by Gasteiger charge is -2.32. The van der Waals surface area contributed by atoms with E-state index in [0.717, 1.165) is 24.9 Å². The average molecular weight is 484 g/mol. The first-order valence-electron chi connectivity index (χ1n) is 11.8. The molecule has 3 aromatic rings. The smallest absolute Gasteiger partial charge is 0.243 e. The third-order valence-electron chi connectivity index (χ3n) is 6.47. The molecule has 0 aliphatic carbocycles. The molecule has 174 valence electrons. The van der Waals surface area contributed by atoms with Crippen LogP contribution in [-0.2, 0) is 4.79 Å². The predicted molar refractivity (Wildman–Crippen MR) is 139 cm³/mol. The van der Waals surface area contributed by atoms with E-state index in [-0.39, 0.29) is 5.91 Å². The number of hydrogen-bond acceptors (Lipinski definition) is 2. The molecule has 1 amide bonds. The highest BCUT2D eigenvalue weighted by Gasteiger charge is 2.22. The molecule has 0 radical (unpaired) electrons. The Kier molecular flexibility index (Phi) is 8.49. The van der Waals surface area contributed by atoms with Crippen LogP contribution in [-0.4, -0.2) is 42.0 Å². The van der Waals surface area contributed by atoms with Crippen LogP contribution in [0.15, 0.2) is 54.7 Å². The van der Waals surface area contributed by atoms with Gasteiger partial charge in [0.25, 0.3) is 0 Å². The van der Waals surface area contributed by atoms with Crippen LogP contribution in [0, 0.1) is 0 Å². The molecule has 33 heavy (non-hydrogen) atoms. The van der Waals surface area contributed by atoms with Gasteiger partial charge in [0.15, 0.2) is 0 Å². The van der Waals surface area contributed by atoms with Crippen molar-refractivity contribution in [1.82, 2.24) is 15.2 Å². The summed E-state index contributed by atoms with van der Waals surface area (Å²) in [6, 6.07) is 13.9. The Labute approximate surface area is 206 Å². The van der Waals surface area contributed by atoms with Crippen LogP contribution in [0.25, 0.3) is 17.0 Å². The third-order valence-corrected chi connectivity index (χ3v) is 7.21. The molecule has 1 aliphatic heterocycles. The van der Waals surface area contributed by atoms with Crippen molar-refractivity contribution in [3.63, 3.8) is 0 Å². The zero-order chi connectivity index (χ0) is 23.0. The van der Waals surface area contributed by atoms with Crippen molar-refractivity contribution in [3.8, 4) is 0 Å². The summed E-state index contributed by atoms with van der Waals surface area (Å²) >= 11 is 11.9. The number of likely N-dealkylation sites (tertiary alicyclic amines) is 1. The Morgan fingerprint density at radius 2 is 1.88 bits per heavy atom. The number of amides is 1. The van der Waals surface area contributed by atoms with Gasteiger partial charge >= 0.3 is 0 Å². The summed E-state index contributed by atoms with van der Waals surface area (Å²) in [7, 11) is 0. The van der Waals surface area contributed by atoms with Gasteiger partial charge in [0, 0.05) is 29.7 Å². The number of nitrogens with one attached hydrogen (secondary N) is 2. The van der Waals surface area contributed by atoms with Crippen LogP contribution >= 0.6 is 23.2 Å². The summed E-state index contributed by atoms with van der Waals surface area (Å²) in [6.07, 6.45) is 11.2. The van der Waals surface area contributed by atoms with Crippen LogP contribution in [0.5, 0.6) is 0 Å². The second kappa shape index (κ2) is 11.7. The van der Waals surface area contributed by atoms with Crippen molar-refractivity contribution in [2.75, 3.05) is 26.2 Å². The molecular formula is C27H31Cl2N3O. The molecule has 0 spiro atoms. The van der Waals surface area contributed by atoms with E-state index >= 15 is 0 Å². The Balaban J connectivity index is 1.09. The number of nitrogens with zero attached hydrogens (tertiary/aromatic N) is 1. The van der Waals surface area contributed by atoms with Gasteiger partial charge in [-0.3, -0.25) is 4.79 Å². The molecule has 2 aromatic carbocycles. The summed E-state index contributed by atoms with van der Waals surface area (Å²) in [5.41, 5.74) is 3.58. The van der Waals surface area contributed by atoms with Crippen molar-refractivity contribution in [2.24, 2.45) is 0 Å². The Morgan fingerprint density at radius 3 is 2.70 bits per heavy atom. The van der Waals surface area contributed by atoms with Crippen LogP contribution in [0.2, 0.25) is 10.0 Å². The number of fused-ring (bicyclic) bond motifs is 1. The Hall–Kier alpha value is -2.27. The second-order valence-electron chi connectivity index (χ2n) is 8.76. The largest absolute Gasteiger partial charge is 0.361 e. The van der Waals surface area contributed by atoms with Gasteiger partial charge in [-0.2, -0.15) is 0 Å². The number of halogens is 2. The second-order valence-corrected chi connectivity index (χ2v) is 9.58. The van der Waals surface area contributed by atoms with E-state index in [9.17, 15) is 4.79 Å². The number of unbranched alkanes of at least 4 members (excludes halogenated alkanes) is 2. The van der Waals surface area contributed by atoms with Crippen LogP contribution in [0.3, 0.4) is 0 Å². The van der Waals surface area contributed by atoms with E-state index in [1.54, 1.807) is 18.2 Å². The van der Waals surface area contributed by atoms with Crippen molar-refractivity contribution in [1.29, 1.82) is 0 Å². The molecule has 1 fully saturated rings. The lowest BCUT2D eigenvalue weighted by atomic mass is 9.89. The molecule has 6 heteroatoms. The van der Waals surface area contributed by atoms with Crippen molar-refractivity contribution >= 4 is 46.1 Å². The fraction of sp³-hybridized carbons (Fsp3) is 0.370. The first kappa shape index (κ1) is 23.9. The molecular weight excluding hydrogens is 453 g/mol. The lowest BCUT2D eigenvalue weighted by molar-refractivity contribution is -0.116. The SMILES string of the molecule is O=C(/C=C/c1ccc(Cl)c(Cl)c1)NCCCCCN1CCC(c2c[nH]c3ccccc23)CC1. The standard InChI is InChI=1S/C27H31Cl2N3O/c28-24-10-8-20(18-25(24)29)9-11-27(33)30-14-4-1-5-15-32-16-12-21(13-17-32)23-19-31-26-7-3-2-6-22(23)26/h2-3,6-11,18-19,21,31H,1,4-5,12-17H2,(H,30,33)/b11-9+. The maximum Gasteiger partial charge on any atom is 0.243 e. The topological polar surface area (TPSA) is 48.1 Å². The lowest BCUT2D eigenvalue weighted by Crippen LogP contribution is -2.33. The van der Waals surface area contributed by atoms with E-state index < -0.39 is 0 Å². The zero-order valence-corrected chi connectivity index (χ0v) is 20.3. The Morgan fingerprint density at radius 1 is 1.06 bits per heavy atom. The molecule has 0 unspecified atom stereocenters. The van der Waals surface area contributed by atoms with E-state index in [1.807, 2.05) is 6.07 Å². The van der Waals surface area contributed by atoms with Gasteiger partial charge in [0.05, 0.1) is 10.0 Å². The minimum absolute atomic E-state index is 0.0829. The number of H-pyrrole nitrogens is 1. The molecule has 2 N–H and O–H groups in total. The van der Waals surface area contributed by atoms with E-state index in [4.69, 9.17) is 23.2 Å². The molecule has 4 nitrogen and oxygen atoms in total. The highest BCUT2D eigenvalue weighted by molar-refractivity contribution is 6.42. The quantitative estimate of drug-likeness (QED) is 0.264. The number of aromatic amines is 1. The molecule has 0 saturated carbocycles. The molecule has 2 heterocycles. The van der Waals surface area contributed by atoms with Gasteiger partial charge in [-0.05, 0) is 86.6 Å². The first-order chi connectivity index (χ1) is 16.1. The molecule has 1 saturated heterocycles. The van der Waals surface area contributed by atoms with Crippen LogP contribution in [0.1, 0.15) is 49.1 Å². The van der Waals surface area contributed by atoms with Crippen molar-refractivity contribution in [3.05, 3.63) is 75.9 Å². The number of aromatic nitrogens is 1. The van der Waals surface area contributed by atoms with Crippen LogP contribution in [0.4, 0.5) is 0 Å². The number of rotatable bonds is 9. The molecule has 0 atom stereocenters. The molecule has 1 aromatic heterocycles. The maximum absolute atomic E-state index is 12.0. The number of para-hydroxylation sites is 1. The van der Waals surface area contributed by atoms with Gasteiger partial charge in [0.2, 0.25) is 5.91 Å². The minimum atomic E-state index is -0.0829. The van der Waals surface area contributed by atoms with Crippen LogP contribution < -0.4 is 5.32 Å². The summed E-state index contributed by atoms with van der Waals surface area (Å²) in [5.74, 6) is 0.574. The van der Waals surface area contributed by atoms with E-state index in [0.29, 0.717) is 22.5 Å². The summed E-state index contributed by atoms with van der Waals surface area (Å²) in [5, 5.41) is 5.33. The fourth-order valence-corrected chi connectivity index (χ4v) is 4.90. The number of carbonyl (C=O) groups is 1. The zero-order valence-electron chi connectivity index (χ0n) is 18.8. The first-order valence-corrected chi connectivity index (χ1v) is 12.5. The molecule has 1 aliphatic rings. The van der Waals surface area contributed by atoms with Crippen molar-refractivity contribution in [2.45, 2.75) is 38.0 Å². The summed E-state index contributed by atoms with van der Waals surface area (Å²) < 4.78 is 0. The van der Waals surface area contributed by atoms with E-state index in [2.05, 4.69) is 45.7 Å². The third kappa shape index (κ3) is 6.63. The fourth-order valence-electron chi connectivity index (χ4n) is 4.59. The number of hydrogen-bond donors (Lipinski definition) is 2. The highest BCUT2D eigenvalue weighted by atomic mass is 35.5. The molecule has 0 bridgehead atoms. The Bertz CT molecular complexity index is 1100. The molecule has 4 rings (SSSR count). The van der Waals surface area contributed by atoms with Gasteiger partial charge in [-0.25, -0.2) is 0 Å². The maximum atomic E-state index is 12.0. The predicted octanol–water partition coefficient (Wildman–Crippen LogP) is 6.65. The average Bonchev–Trinajstić information content (AvgIpc) is 3.27.